The van der Waals surface area contributed by atoms with Gasteiger partial charge in [-0.05, 0) is 29.8 Å². The maximum absolute atomic E-state index is 14.1. The summed E-state index contributed by atoms with van der Waals surface area (Å²) in [6.45, 7) is 0. The summed E-state index contributed by atoms with van der Waals surface area (Å²) in [6.07, 6.45) is -6.97. The summed E-state index contributed by atoms with van der Waals surface area (Å²) in [4.78, 5) is 0. The average molecular weight is 459 g/mol. The second-order valence-corrected chi connectivity index (χ2v) is 9.97. The van der Waals surface area contributed by atoms with Crippen LogP contribution in [0.4, 0.5) is 13.2 Å². The molecule has 29 heavy (non-hydrogen) atoms. The molecule has 0 N–H and O–H groups in total. The van der Waals surface area contributed by atoms with Crippen molar-refractivity contribution in [2.45, 2.75) is 16.6 Å². The lowest BCUT2D eigenvalue weighted by Crippen LogP contribution is -2.41. The van der Waals surface area contributed by atoms with Gasteiger partial charge in [-0.15, -0.1) is 0 Å². The van der Waals surface area contributed by atoms with Crippen LogP contribution in [0.15, 0.2) is 91.0 Å². The predicted octanol–water partition coefficient (Wildman–Crippen LogP) is 6.41. The first kappa shape index (κ1) is 21.9. The smallest absolute Gasteiger partial charge is 0.310 e. The molecule has 0 aliphatic carbocycles. The van der Waals surface area contributed by atoms with Gasteiger partial charge in [0.25, 0.3) is 7.37 Å². The van der Waals surface area contributed by atoms with Crippen LogP contribution in [0.25, 0.3) is 0 Å². The highest BCUT2D eigenvalue weighted by Gasteiger charge is 2.60. The fraction of sp³-hybridized carbons (Fsp3) is 0.143. The highest BCUT2D eigenvalue weighted by atomic mass is 35.5. The molecule has 0 unspecified atom stereocenters. The quantitative estimate of drug-likeness (QED) is 0.315. The minimum atomic E-state index is -5.03. The summed E-state index contributed by atoms with van der Waals surface area (Å²) in [6, 6.07) is 23.6. The molecule has 0 saturated carbocycles. The Morgan fingerprint density at radius 3 is 1.48 bits per heavy atom. The Kier molecular flexibility index (Phi) is 6.45. The fourth-order valence-electron chi connectivity index (χ4n) is 2.78. The largest absolute Gasteiger partial charge is 0.424 e. The summed E-state index contributed by atoms with van der Waals surface area (Å²) in [5.74, 6) is 0. The standard InChI is InChI=1S/C21H16Cl2F3O2P/c22-20(23,21(24,25)26)19(16-10-4-1-5-11-16)28-29(27,17-12-6-2-7-13-17)18-14-8-3-9-15-18/h1-15,19H/t19-/m0/s1. The number of halogens is 5. The van der Waals surface area contributed by atoms with E-state index < -0.39 is 24.0 Å². The lowest BCUT2D eigenvalue weighted by Gasteiger charge is -2.34. The van der Waals surface area contributed by atoms with Gasteiger partial charge in [0.1, 0.15) is 6.10 Å². The lowest BCUT2D eigenvalue weighted by molar-refractivity contribution is -0.159. The molecule has 8 heteroatoms. The van der Waals surface area contributed by atoms with Crippen LogP contribution < -0.4 is 10.6 Å². The average Bonchev–Trinajstić information content (AvgIpc) is 2.73. The summed E-state index contributed by atoms with van der Waals surface area (Å²) < 4.78 is 57.6. The maximum atomic E-state index is 14.1. The maximum Gasteiger partial charge on any atom is 0.424 e. The molecule has 0 radical (unpaired) electrons. The molecular formula is C21H16Cl2F3O2P. The minimum Gasteiger partial charge on any atom is -0.310 e. The third-order valence-corrected chi connectivity index (χ3v) is 7.54. The van der Waals surface area contributed by atoms with E-state index in [0.29, 0.717) is 0 Å². The second kappa shape index (κ2) is 8.53. The molecule has 3 aromatic carbocycles. The zero-order chi connectivity index (χ0) is 21.1. The minimum absolute atomic E-state index is 0.0573. The van der Waals surface area contributed by atoms with Gasteiger partial charge in [0.2, 0.25) is 4.33 Å². The Hall–Kier alpha value is -1.78. The Bertz CT molecular complexity index is 938. The summed E-state index contributed by atoms with van der Waals surface area (Å²) in [7, 11) is -3.98. The first-order chi connectivity index (χ1) is 13.7. The molecule has 0 spiro atoms. The van der Waals surface area contributed by atoms with Gasteiger partial charge in [0.05, 0.1) is 0 Å². The van der Waals surface area contributed by atoms with Crippen LogP contribution in [0.3, 0.4) is 0 Å². The summed E-state index contributed by atoms with van der Waals surface area (Å²) in [5.41, 5.74) is 0.0573. The van der Waals surface area contributed by atoms with Crippen LogP contribution in [0.5, 0.6) is 0 Å². The van der Waals surface area contributed by atoms with E-state index in [1.54, 1.807) is 42.5 Å². The summed E-state index contributed by atoms with van der Waals surface area (Å²) >= 11 is 11.6. The van der Waals surface area contributed by atoms with Crippen molar-refractivity contribution >= 4 is 41.2 Å². The molecule has 3 aromatic rings. The van der Waals surface area contributed by atoms with E-state index in [1.165, 1.54) is 48.5 Å². The topological polar surface area (TPSA) is 26.3 Å². The van der Waals surface area contributed by atoms with Crippen molar-refractivity contribution in [2.24, 2.45) is 0 Å². The zero-order valence-electron chi connectivity index (χ0n) is 14.9. The zero-order valence-corrected chi connectivity index (χ0v) is 17.3. The molecule has 0 bridgehead atoms. The molecule has 0 amide bonds. The van der Waals surface area contributed by atoms with Crippen LogP contribution in [0, 0.1) is 0 Å². The van der Waals surface area contributed by atoms with Crippen molar-refractivity contribution in [1.82, 2.24) is 0 Å². The van der Waals surface area contributed by atoms with Gasteiger partial charge in [-0.1, -0.05) is 89.9 Å². The van der Waals surface area contributed by atoms with Crippen molar-refractivity contribution in [3.05, 3.63) is 96.6 Å². The molecule has 0 saturated heterocycles. The predicted molar refractivity (Wildman–Crippen MR) is 111 cm³/mol. The van der Waals surface area contributed by atoms with E-state index in [9.17, 15) is 17.7 Å². The third kappa shape index (κ3) is 4.54. The summed E-state index contributed by atoms with van der Waals surface area (Å²) in [5, 5.41) is 0.469. The van der Waals surface area contributed by atoms with Crippen LogP contribution in [-0.2, 0) is 9.09 Å². The molecule has 0 aliphatic rings. The van der Waals surface area contributed by atoms with Gasteiger partial charge >= 0.3 is 6.18 Å². The number of benzene rings is 3. The number of hydrogen-bond donors (Lipinski definition) is 0. The van der Waals surface area contributed by atoms with Gasteiger partial charge in [-0.3, -0.25) is 4.57 Å². The van der Waals surface area contributed by atoms with E-state index in [0.717, 1.165) is 0 Å². The molecule has 2 nitrogen and oxygen atoms in total. The molecule has 0 aromatic heterocycles. The van der Waals surface area contributed by atoms with E-state index in [1.807, 2.05) is 0 Å². The molecule has 1 atom stereocenters. The Morgan fingerprint density at radius 2 is 1.10 bits per heavy atom. The monoisotopic (exact) mass is 458 g/mol. The lowest BCUT2D eigenvalue weighted by atomic mass is 10.1. The number of alkyl halides is 5. The van der Waals surface area contributed by atoms with Crippen molar-refractivity contribution in [2.75, 3.05) is 0 Å². The Morgan fingerprint density at radius 1 is 0.724 bits per heavy atom. The van der Waals surface area contributed by atoms with Gasteiger partial charge in [0.15, 0.2) is 0 Å². The van der Waals surface area contributed by atoms with Crippen molar-refractivity contribution in [3.8, 4) is 0 Å². The van der Waals surface area contributed by atoms with Crippen molar-refractivity contribution in [1.29, 1.82) is 0 Å². The normalized spacial score (nSPS) is 13.8. The first-order valence-electron chi connectivity index (χ1n) is 8.55. The van der Waals surface area contributed by atoms with Gasteiger partial charge < -0.3 is 4.52 Å². The number of rotatable bonds is 6. The molecular weight excluding hydrogens is 443 g/mol. The van der Waals surface area contributed by atoms with Crippen LogP contribution >= 0.6 is 30.6 Å². The van der Waals surface area contributed by atoms with Gasteiger partial charge in [0, 0.05) is 10.6 Å². The molecule has 0 heterocycles. The van der Waals surface area contributed by atoms with Crippen molar-refractivity contribution < 1.29 is 22.3 Å². The second-order valence-electron chi connectivity index (χ2n) is 6.24. The number of hydrogen-bond acceptors (Lipinski definition) is 2. The molecule has 152 valence electrons. The van der Waals surface area contributed by atoms with E-state index >= 15 is 0 Å². The fourth-order valence-corrected chi connectivity index (χ4v) is 5.49. The third-order valence-electron chi connectivity index (χ3n) is 4.26. The van der Waals surface area contributed by atoms with Gasteiger partial charge in [-0.25, -0.2) is 0 Å². The van der Waals surface area contributed by atoms with E-state index in [4.69, 9.17) is 27.7 Å². The Labute approximate surface area is 176 Å². The molecule has 3 rings (SSSR count). The Balaban J connectivity index is 2.18. The van der Waals surface area contributed by atoms with Gasteiger partial charge in [-0.2, -0.15) is 13.2 Å². The molecule has 0 fully saturated rings. The highest BCUT2D eigenvalue weighted by molar-refractivity contribution is 7.74. The van der Waals surface area contributed by atoms with E-state index in [2.05, 4.69) is 0 Å². The van der Waals surface area contributed by atoms with E-state index in [-0.39, 0.29) is 16.2 Å². The van der Waals surface area contributed by atoms with Crippen LogP contribution in [0.1, 0.15) is 11.7 Å². The van der Waals surface area contributed by atoms with Crippen molar-refractivity contribution in [3.63, 3.8) is 0 Å². The van der Waals surface area contributed by atoms with Crippen LogP contribution in [-0.4, -0.2) is 10.5 Å². The molecule has 0 aliphatic heterocycles. The SMILES string of the molecule is O=P(O[C@@H](c1ccccc1)C(Cl)(Cl)C(F)(F)F)(c1ccccc1)c1ccccc1. The first-order valence-corrected chi connectivity index (χ1v) is 10.9. The highest BCUT2D eigenvalue weighted by Crippen LogP contribution is 2.57. The van der Waals surface area contributed by atoms with Crippen LogP contribution in [0.2, 0.25) is 0 Å².